The second-order valence-electron chi connectivity index (χ2n) is 8.41. The van der Waals surface area contributed by atoms with E-state index in [1.807, 2.05) is 5.32 Å². The van der Waals surface area contributed by atoms with Gasteiger partial charge in [0, 0.05) is 0 Å². The van der Waals surface area contributed by atoms with E-state index in [2.05, 4.69) is 10.6 Å². The van der Waals surface area contributed by atoms with E-state index >= 15 is 0 Å². The lowest BCUT2D eigenvalue weighted by molar-refractivity contribution is -0.147. The van der Waals surface area contributed by atoms with Crippen molar-refractivity contribution in [3.8, 4) is 5.75 Å². The standard InChI is InChI=1S/C22H32N4O9/c1-11(2)7-15(24-19(31)14(23)8-12-3-5-13(28)6-4-12)20(32)26-17(10-27)21(33)25-16(22(34)35)9-18(29)30/h3-6,11,14-17,27-28H,7-10,23H2,1-2H3,(H,24,31)(H,25,33)(H,26,32)(H,29,30)(H,34,35). The van der Waals surface area contributed by atoms with Crippen LogP contribution in [0.2, 0.25) is 0 Å². The Morgan fingerprint density at radius 1 is 0.857 bits per heavy atom. The number of nitrogens with one attached hydrogen (secondary N) is 3. The first-order valence-corrected chi connectivity index (χ1v) is 10.8. The number of carbonyl (C=O) groups excluding carboxylic acids is 3. The Morgan fingerprint density at radius 3 is 1.86 bits per heavy atom. The molecular weight excluding hydrogens is 464 g/mol. The molecule has 1 rings (SSSR count). The van der Waals surface area contributed by atoms with Gasteiger partial charge in [-0.1, -0.05) is 26.0 Å². The third-order valence-corrected chi connectivity index (χ3v) is 4.88. The molecule has 0 aliphatic carbocycles. The van der Waals surface area contributed by atoms with Gasteiger partial charge in [-0.3, -0.25) is 19.2 Å². The molecular formula is C22H32N4O9. The van der Waals surface area contributed by atoms with Crippen LogP contribution < -0.4 is 21.7 Å². The number of aliphatic hydroxyl groups excluding tert-OH is 1. The molecule has 0 aliphatic heterocycles. The summed E-state index contributed by atoms with van der Waals surface area (Å²) < 4.78 is 0. The Balaban J connectivity index is 2.86. The molecule has 0 saturated heterocycles. The Kier molecular flexibility index (Phi) is 11.6. The fraction of sp³-hybridized carbons (Fsp3) is 0.500. The second-order valence-corrected chi connectivity index (χ2v) is 8.41. The van der Waals surface area contributed by atoms with E-state index in [-0.39, 0.29) is 24.5 Å². The van der Waals surface area contributed by atoms with Gasteiger partial charge in [-0.15, -0.1) is 0 Å². The molecule has 194 valence electrons. The zero-order valence-corrected chi connectivity index (χ0v) is 19.4. The number of carboxylic acids is 2. The summed E-state index contributed by atoms with van der Waals surface area (Å²) in [7, 11) is 0. The molecule has 0 bridgehead atoms. The lowest BCUT2D eigenvalue weighted by Crippen LogP contribution is -2.58. The quantitative estimate of drug-likeness (QED) is 0.146. The van der Waals surface area contributed by atoms with Crippen LogP contribution in [-0.4, -0.2) is 80.9 Å². The number of hydrogen-bond acceptors (Lipinski definition) is 8. The van der Waals surface area contributed by atoms with Crippen molar-refractivity contribution in [2.45, 2.75) is 57.3 Å². The van der Waals surface area contributed by atoms with Crippen molar-refractivity contribution in [2.75, 3.05) is 6.61 Å². The Bertz CT molecular complexity index is 905. The average Bonchev–Trinajstić information content (AvgIpc) is 2.76. The van der Waals surface area contributed by atoms with Gasteiger partial charge in [0.25, 0.3) is 0 Å². The minimum absolute atomic E-state index is 0.0561. The van der Waals surface area contributed by atoms with Crippen LogP contribution in [-0.2, 0) is 30.4 Å². The molecule has 1 aromatic carbocycles. The zero-order chi connectivity index (χ0) is 26.7. The molecule has 0 fully saturated rings. The number of carboxylic acid groups (broad SMARTS) is 2. The molecule has 3 amide bonds. The van der Waals surface area contributed by atoms with Gasteiger partial charge in [0.1, 0.15) is 23.9 Å². The molecule has 13 nitrogen and oxygen atoms in total. The van der Waals surface area contributed by atoms with Crippen LogP contribution in [0.4, 0.5) is 0 Å². The van der Waals surface area contributed by atoms with Crippen LogP contribution in [0.5, 0.6) is 5.75 Å². The Hall–Kier alpha value is -3.71. The number of nitrogens with two attached hydrogens (primary N) is 1. The molecule has 4 unspecified atom stereocenters. The minimum atomic E-state index is -1.77. The number of phenols is 1. The van der Waals surface area contributed by atoms with Gasteiger partial charge < -0.3 is 42.1 Å². The molecule has 0 spiro atoms. The van der Waals surface area contributed by atoms with E-state index in [0.717, 1.165) is 0 Å². The van der Waals surface area contributed by atoms with Gasteiger partial charge >= 0.3 is 11.9 Å². The monoisotopic (exact) mass is 496 g/mol. The molecule has 1 aromatic rings. The van der Waals surface area contributed by atoms with Crippen molar-refractivity contribution in [1.29, 1.82) is 0 Å². The summed E-state index contributed by atoms with van der Waals surface area (Å²) in [6.07, 6.45) is -0.609. The number of aromatic hydroxyl groups is 1. The summed E-state index contributed by atoms with van der Waals surface area (Å²) in [4.78, 5) is 59.7. The smallest absolute Gasteiger partial charge is 0.326 e. The predicted molar refractivity (Wildman–Crippen MR) is 122 cm³/mol. The molecule has 9 N–H and O–H groups in total. The number of aliphatic hydroxyl groups is 1. The Morgan fingerprint density at radius 2 is 1.37 bits per heavy atom. The fourth-order valence-electron chi connectivity index (χ4n) is 3.07. The summed E-state index contributed by atoms with van der Waals surface area (Å²) in [6.45, 7) is 2.69. The maximum Gasteiger partial charge on any atom is 0.326 e. The van der Waals surface area contributed by atoms with Crippen molar-refractivity contribution < 1.29 is 44.4 Å². The van der Waals surface area contributed by atoms with E-state index in [1.54, 1.807) is 26.0 Å². The molecule has 4 atom stereocenters. The molecule has 0 saturated carbocycles. The summed E-state index contributed by atoms with van der Waals surface area (Å²) >= 11 is 0. The summed E-state index contributed by atoms with van der Waals surface area (Å²) in [5.74, 6) is -5.64. The van der Waals surface area contributed by atoms with E-state index in [4.69, 9.17) is 15.9 Å². The maximum atomic E-state index is 12.8. The third kappa shape index (κ3) is 10.4. The van der Waals surface area contributed by atoms with E-state index in [1.165, 1.54) is 12.1 Å². The number of carbonyl (C=O) groups is 5. The van der Waals surface area contributed by atoms with Crippen LogP contribution in [0.25, 0.3) is 0 Å². The molecule has 0 radical (unpaired) electrons. The highest BCUT2D eigenvalue weighted by atomic mass is 16.4. The van der Waals surface area contributed by atoms with Crippen molar-refractivity contribution in [3.63, 3.8) is 0 Å². The number of amides is 3. The first kappa shape index (κ1) is 29.3. The number of hydrogen-bond donors (Lipinski definition) is 8. The number of phenolic OH excluding ortho intramolecular Hbond substituents is 1. The van der Waals surface area contributed by atoms with Crippen molar-refractivity contribution in [2.24, 2.45) is 11.7 Å². The summed E-state index contributed by atoms with van der Waals surface area (Å²) in [5.41, 5.74) is 6.63. The molecule has 0 heterocycles. The fourth-order valence-corrected chi connectivity index (χ4v) is 3.07. The molecule has 35 heavy (non-hydrogen) atoms. The molecule has 0 aliphatic rings. The average molecular weight is 497 g/mol. The van der Waals surface area contributed by atoms with Crippen LogP contribution in [0, 0.1) is 5.92 Å². The van der Waals surface area contributed by atoms with Gasteiger partial charge in [0.05, 0.1) is 19.1 Å². The summed E-state index contributed by atoms with van der Waals surface area (Å²) in [6, 6.07) is 0.585. The second kappa shape index (κ2) is 13.9. The Labute approximate surface area is 201 Å². The van der Waals surface area contributed by atoms with Gasteiger partial charge in [-0.2, -0.15) is 0 Å². The lowest BCUT2D eigenvalue weighted by atomic mass is 10.0. The lowest BCUT2D eigenvalue weighted by Gasteiger charge is -2.25. The van der Waals surface area contributed by atoms with E-state index < -0.39 is 66.9 Å². The van der Waals surface area contributed by atoms with Crippen molar-refractivity contribution >= 4 is 29.7 Å². The normalized spacial score (nSPS) is 14.3. The number of rotatable bonds is 14. The van der Waals surface area contributed by atoms with Gasteiger partial charge in [0.15, 0.2) is 0 Å². The SMILES string of the molecule is CC(C)CC(NC(=O)C(N)Cc1ccc(O)cc1)C(=O)NC(CO)C(=O)NC(CC(=O)O)C(=O)O. The van der Waals surface area contributed by atoms with Crippen LogP contribution in [0.15, 0.2) is 24.3 Å². The van der Waals surface area contributed by atoms with Crippen LogP contribution in [0.1, 0.15) is 32.3 Å². The van der Waals surface area contributed by atoms with Gasteiger partial charge in [-0.25, -0.2) is 4.79 Å². The number of aliphatic carboxylic acids is 2. The van der Waals surface area contributed by atoms with Gasteiger partial charge in [0.2, 0.25) is 17.7 Å². The predicted octanol–water partition coefficient (Wildman–Crippen LogP) is -1.69. The maximum absolute atomic E-state index is 12.8. The highest BCUT2D eigenvalue weighted by molar-refractivity contribution is 5.94. The highest BCUT2D eigenvalue weighted by Crippen LogP contribution is 2.11. The van der Waals surface area contributed by atoms with Crippen molar-refractivity contribution in [1.82, 2.24) is 16.0 Å². The number of benzene rings is 1. The molecule has 0 aromatic heterocycles. The van der Waals surface area contributed by atoms with Gasteiger partial charge in [-0.05, 0) is 36.5 Å². The van der Waals surface area contributed by atoms with Crippen LogP contribution >= 0.6 is 0 Å². The minimum Gasteiger partial charge on any atom is -0.508 e. The zero-order valence-electron chi connectivity index (χ0n) is 19.4. The third-order valence-electron chi connectivity index (χ3n) is 4.88. The van der Waals surface area contributed by atoms with Crippen LogP contribution in [0.3, 0.4) is 0 Å². The van der Waals surface area contributed by atoms with Crippen molar-refractivity contribution in [3.05, 3.63) is 29.8 Å². The first-order chi connectivity index (χ1) is 16.3. The highest BCUT2D eigenvalue weighted by Gasteiger charge is 2.31. The molecule has 13 heteroatoms. The largest absolute Gasteiger partial charge is 0.508 e. The topological polar surface area (TPSA) is 228 Å². The first-order valence-electron chi connectivity index (χ1n) is 10.8. The van der Waals surface area contributed by atoms with E-state index in [9.17, 15) is 34.2 Å². The van der Waals surface area contributed by atoms with E-state index in [0.29, 0.717) is 5.56 Å². The summed E-state index contributed by atoms with van der Waals surface area (Å²) in [5, 5.41) is 43.5.